The zero-order valence-electron chi connectivity index (χ0n) is 13.5. The predicted octanol–water partition coefficient (Wildman–Crippen LogP) is 2.62. The number of piperazine rings is 1. The highest BCUT2D eigenvalue weighted by Crippen LogP contribution is 2.08. The van der Waals surface area contributed by atoms with E-state index in [1.165, 1.54) is 5.56 Å². The Balaban J connectivity index is 1.42. The Bertz CT molecular complexity index is 604. The van der Waals surface area contributed by atoms with Crippen molar-refractivity contribution in [3.8, 4) is 0 Å². The normalized spacial score (nSPS) is 15.6. The van der Waals surface area contributed by atoms with Crippen molar-refractivity contribution in [3.05, 3.63) is 71.8 Å². The monoisotopic (exact) mass is 308 g/mol. The number of nitrogens with zero attached hydrogens (tertiary/aromatic N) is 2. The van der Waals surface area contributed by atoms with Crippen LogP contribution in [0.15, 0.2) is 60.7 Å². The second kappa shape index (κ2) is 7.93. The minimum absolute atomic E-state index is 0.249. The molecule has 3 rings (SSSR count). The van der Waals surface area contributed by atoms with E-state index >= 15 is 0 Å². The average molecular weight is 308 g/mol. The summed E-state index contributed by atoms with van der Waals surface area (Å²) in [5.41, 5.74) is 2.49. The van der Waals surface area contributed by atoms with Gasteiger partial charge in [-0.05, 0) is 17.5 Å². The molecule has 1 aliphatic rings. The molecule has 0 radical (unpaired) electrons. The van der Waals surface area contributed by atoms with Crippen LogP contribution in [0.3, 0.4) is 0 Å². The highest BCUT2D eigenvalue weighted by atomic mass is 16.2. The zero-order chi connectivity index (χ0) is 15.9. The first kappa shape index (κ1) is 15.8. The number of carbonyl (C=O) groups is 1. The topological polar surface area (TPSA) is 23.6 Å². The van der Waals surface area contributed by atoms with Crippen molar-refractivity contribution in [2.45, 2.75) is 12.8 Å². The Morgan fingerprint density at radius 2 is 1.35 bits per heavy atom. The predicted molar refractivity (Wildman–Crippen MR) is 93.3 cm³/mol. The number of amides is 1. The first-order chi connectivity index (χ1) is 11.3. The van der Waals surface area contributed by atoms with Gasteiger partial charge in [-0.3, -0.25) is 9.69 Å². The Labute approximate surface area is 138 Å². The highest BCUT2D eigenvalue weighted by Gasteiger charge is 2.20. The highest BCUT2D eigenvalue weighted by molar-refractivity contribution is 5.78. The molecule has 3 nitrogen and oxygen atoms in total. The fourth-order valence-corrected chi connectivity index (χ4v) is 3.04. The molecule has 1 fully saturated rings. The summed E-state index contributed by atoms with van der Waals surface area (Å²) in [4.78, 5) is 16.8. The van der Waals surface area contributed by atoms with E-state index in [0.29, 0.717) is 6.42 Å². The lowest BCUT2D eigenvalue weighted by Gasteiger charge is -2.34. The van der Waals surface area contributed by atoms with E-state index < -0.39 is 0 Å². The van der Waals surface area contributed by atoms with Crippen LogP contribution in [0.4, 0.5) is 0 Å². The van der Waals surface area contributed by atoms with E-state index in [2.05, 4.69) is 35.2 Å². The molecule has 120 valence electrons. The van der Waals surface area contributed by atoms with E-state index in [1.54, 1.807) is 0 Å². The van der Waals surface area contributed by atoms with E-state index in [9.17, 15) is 4.79 Å². The van der Waals surface area contributed by atoms with Gasteiger partial charge in [0.15, 0.2) is 0 Å². The van der Waals surface area contributed by atoms with Gasteiger partial charge in [-0.1, -0.05) is 60.7 Å². The Hall–Kier alpha value is -2.13. The van der Waals surface area contributed by atoms with Gasteiger partial charge in [0.1, 0.15) is 0 Å². The molecule has 2 aromatic rings. The number of carbonyl (C=O) groups excluding carboxylic acids is 1. The smallest absolute Gasteiger partial charge is 0.227 e. The van der Waals surface area contributed by atoms with Crippen LogP contribution < -0.4 is 0 Å². The number of rotatable bonds is 5. The summed E-state index contributed by atoms with van der Waals surface area (Å²) in [6.45, 7) is 4.73. The van der Waals surface area contributed by atoms with Crippen molar-refractivity contribution in [1.29, 1.82) is 0 Å². The van der Waals surface area contributed by atoms with Crippen LogP contribution in [0.2, 0.25) is 0 Å². The fourth-order valence-electron chi connectivity index (χ4n) is 3.04. The fraction of sp³-hybridized carbons (Fsp3) is 0.350. The zero-order valence-corrected chi connectivity index (χ0v) is 13.5. The van der Waals surface area contributed by atoms with Gasteiger partial charge in [-0.15, -0.1) is 0 Å². The van der Waals surface area contributed by atoms with Gasteiger partial charge in [-0.2, -0.15) is 0 Å². The molecule has 0 N–H and O–H groups in total. The minimum Gasteiger partial charge on any atom is -0.340 e. The second-order valence-electron chi connectivity index (χ2n) is 6.12. The molecular weight excluding hydrogens is 284 g/mol. The summed E-state index contributed by atoms with van der Waals surface area (Å²) in [5, 5.41) is 0. The van der Waals surface area contributed by atoms with Crippen LogP contribution in [0, 0.1) is 0 Å². The van der Waals surface area contributed by atoms with Gasteiger partial charge in [0.2, 0.25) is 5.91 Å². The van der Waals surface area contributed by atoms with Gasteiger partial charge >= 0.3 is 0 Å². The van der Waals surface area contributed by atoms with E-state index in [0.717, 1.165) is 44.7 Å². The summed E-state index contributed by atoms with van der Waals surface area (Å²) >= 11 is 0. The summed E-state index contributed by atoms with van der Waals surface area (Å²) in [6.07, 6.45) is 1.60. The molecule has 1 heterocycles. The molecule has 3 heteroatoms. The maximum absolute atomic E-state index is 12.4. The Kier molecular flexibility index (Phi) is 5.43. The van der Waals surface area contributed by atoms with Crippen LogP contribution in [-0.2, 0) is 17.6 Å². The molecule has 0 saturated carbocycles. The van der Waals surface area contributed by atoms with Crippen LogP contribution >= 0.6 is 0 Å². The summed E-state index contributed by atoms with van der Waals surface area (Å²) in [5.74, 6) is 0.249. The molecule has 0 bridgehead atoms. The average Bonchev–Trinajstić information content (AvgIpc) is 2.62. The van der Waals surface area contributed by atoms with Crippen LogP contribution in [0.1, 0.15) is 11.1 Å². The lowest BCUT2D eigenvalue weighted by Crippen LogP contribution is -2.49. The lowest BCUT2D eigenvalue weighted by molar-refractivity contribution is -0.132. The molecule has 0 unspecified atom stereocenters. The summed E-state index contributed by atoms with van der Waals surface area (Å²) < 4.78 is 0. The standard InChI is InChI=1S/C20H24N2O/c23-20(17-19-9-5-2-6-10-19)22-15-13-21(14-16-22)12-11-18-7-3-1-4-8-18/h1-10H,11-17H2. The first-order valence-electron chi connectivity index (χ1n) is 8.39. The SMILES string of the molecule is O=C(Cc1ccccc1)N1CCN(CCc2ccccc2)CC1. The van der Waals surface area contributed by atoms with E-state index in [4.69, 9.17) is 0 Å². The molecule has 23 heavy (non-hydrogen) atoms. The molecule has 1 amide bonds. The molecule has 1 aliphatic heterocycles. The molecule has 0 atom stereocenters. The van der Waals surface area contributed by atoms with Gasteiger partial charge in [0, 0.05) is 32.7 Å². The number of benzene rings is 2. The third-order valence-electron chi connectivity index (χ3n) is 4.48. The molecule has 0 aliphatic carbocycles. The van der Waals surface area contributed by atoms with Crippen molar-refractivity contribution in [2.24, 2.45) is 0 Å². The maximum Gasteiger partial charge on any atom is 0.227 e. The van der Waals surface area contributed by atoms with Crippen molar-refractivity contribution in [2.75, 3.05) is 32.7 Å². The first-order valence-corrected chi connectivity index (χ1v) is 8.39. The van der Waals surface area contributed by atoms with Crippen molar-refractivity contribution >= 4 is 5.91 Å². The van der Waals surface area contributed by atoms with E-state index in [1.807, 2.05) is 35.2 Å². The van der Waals surface area contributed by atoms with Crippen LogP contribution in [0.5, 0.6) is 0 Å². The van der Waals surface area contributed by atoms with Gasteiger partial charge in [-0.25, -0.2) is 0 Å². The van der Waals surface area contributed by atoms with Gasteiger partial charge < -0.3 is 4.90 Å². The quantitative estimate of drug-likeness (QED) is 0.848. The van der Waals surface area contributed by atoms with Crippen LogP contribution in [0.25, 0.3) is 0 Å². The van der Waals surface area contributed by atoms with Crippen LogP contribution in [-0.4, -0.2) is 48.4 Å². The Morgan fingerprint density at radius 1 is 0.783 bits per heavy atom. The lowest BCUT2D eigenvalue weighted by atomic mass is 10.1. The molecule has 0 spiro atoms. The van der Waals surface area contributed by atoms with E-state index in [-0.39, 0.29) is 5.91 Å². The third-order valence-corrected chi connectivity index (χ3v) is 4.48. The molecule has 2 aromatic carbocycles. The summed E-state index contributed by atoms with van der Waals surface area (Å²) in [7, 11) is 0. The van der Waals surface area contributed by atoms with Crippen molar-refractivity contribution < 1.29 is 4.79 Å². The maximum atomic E-state index is 12.4. The van der Waals surface area contributed by atoms with Gasteiger partial charge in [0.05, 0.1) is 6.42 Å². The van der Waals surface area contributed by atoms with Gasteiger partial charge in [0.25, 0.3) is 0 Å². The molecular formula is C20H24N2O. The largest absolute Gasteiger partial charge is 0.340 e. The van der Waals surface area contributed by atoms with Crippen molar-refractivity contribution in [3.63, 3.8) is 0 Å². The number of hydrogen-bond donors (Lipinski definition) is 0. The second-order valence-corrected chi connectivity index (χ2v) is 6.12. The Morgan fingerprint density at radius 3 is 1.96 bits per heavy atom. The summed E-state index contributed by atoms with van der Waals surface area (Å²) in [6, 6.07) is 20.6. The van der Waals surface area contributed by atoms with Crippen molar-refractivity contribution in [1.82, 2.24) is 9.80 Å². The number of hydrogen-bond acceptors (Lipinski definition) is 2. The third kappa shape index (κ3) is 4.67. The molecule has 0 aromatic heterocycles. The molecule has 1 saturated heterocycles. The minimum atomic E-state index is 0.249.